The summed E-state index contributed by atoms with van der Waals surface area (Å²) in [6.45, 7) is 0.150. The van der Waals surface area contributed by atoms with E-state index in [-0.39, 0.29) is 34.7 Å². The highest BCUT2D eigenvalue weighted by Crippen LogP contribution is 2.13. The summed E-state index contributed by atoms with van der Waals surface area (Å²) in [6.07, 6.45) is -1.43. The standard InChI is InChI=1S/C29H33N9O12.H2O/c30-29-37-23-22(25(44)38-29)33-15(12-32-23)11-31-14-3-1-13(2-4-14)24(43)36-18(28(49)50)6-9-20(40)34-16(26(45)46)5-8-19(39)35-17(27(47)48)7-10-21(41)42;/h1-4,12,16-18,31H,5-11H2,(H,34,40)(H,35,39)(H,36,43)(H,41,42)(H,45,46)(H,47,48)(H,49,50)(H3,30,32,37,38,44);1H2/t16-,17-,18-;/m0./s1. The van der Waals surface area contributed by atoms with Crippen molar-refractivity contribution >= 4 is 64.4 Å². The van der Waals surface area contributed by atoms with Gasteiger partial charge in [-0.1, -0.05) is 0 Å². The van der Waals surface area contributed by atoms with E-state index in [2.05, 4.69) is 41.2 Å². The van der Waals surface area contributed by atoms with Gasteiger partial charge in [-0.15, -0.1) is 0 Å². The number of aliphatic carboxylic acids is 4. The van der Waals surface area contributed by atoms with Crippen LogP contribution in [0.25, 0.3) is 11.2 Å². The molecule has 0 saturated carbocycles. The Labute approximate surface area is 286 Å². The molecule has 0 bridgehead atoms. The lowest BCUT2D eigenvalue weighted by molar-refractivity contribution is -0.144. The van der Waals surface area contributed by atoms with Gasteiger partial charge in [0.1, 0.15) is 18.1 Å². The van der Waals surface area contributed by atoms with Crippen LogP contribution in [-0.2, 0) is 35.3 Å². The van der Waals surface area contributed by atoms with Crippen molar-refractivity contribution in [3.05, 3.63) is 52.1 Å². The molecule has 1 aromatic carbocycles. The van der Waals surface area contributed by atoms with Gasteiger partial charge in [0, 0.05) is 30.5 Å². The van der Waals surface area contributed by atoms with Gasteiger partial charge in [-0.2, -0.15) is 4.98 Å². The van der Waals surface area contributed by atoms with Crippen LogP contribution in [0.3, 0.4) is 0 Å². The lowest BCUT2D eigenvalue weighted by Gasteiger charge is -2.18. The van der Waals surface area contributed by atoms with Gasteiger partial charge >= 0.3 is 23.9 Å². The van der Waals surface area contributed by atoms with E-state index in [1.165, 1.54) is 30.5 Å². The van der Waals surface area contributed by atoms with E-state index >= 15 is 0 Å². The quantitative estimate of drug-likeness (QED) is 0.0630. The van der Waals surface area contributed by atoms with Crippen LogP contribution < -0.4 is 32.6 Å². The average molecular weight is 718 g/mol. The minimum atomic E-state index is -1.59. The van der Waals surface area contributed by atoms with Gasteiger partial charge in [0.15, 0.2) is 11.2 Å². The number of aromatic amines is 1. The van der Waals surface area contributed by atoms with E-state index in [0.29, 0.717) is 11.4 Å². The summed E-state index contributed by atoms with van der Waals surface area (Å²) >= 11 is 0. The SMILES string of the molecule is Nc1nc2ncc(CNc3ccc(C(=O)N[C@@H](CCC(=O)N[C@@H](CCC(=O)N[C@@H](CCC(=O)O)C(=O)O)C(=O)O)C(=O)O)cc3)nc2c(=O)[nH]1.O. The van der Waals surface area contributed by atoms with Crippen LogP contribution in [0.5, 0.6) is 0 Å². The number of hydrogen-bond acceptors (Lipinski definition) is 13. The Morgan fingerprint density at radius 3 is 1.76 bits per heavy atom. The molecule has 3 rings (SSSR count). The minimum Gasteiger partial charge on any atom is -0.481 e. The lowest BCUT2D eigenvalue weighted by atomic mass is 10.1. The molecule has 0 aliphatic rings. The van der Waals surface area contributed by atoms with Gasteiger partial charge in [0.05, 0.1) is 18.4 Å². The van der Waals surface area contributed by atoms with Crippen molar-refractivity contribution in [1.29, 1.82) is 0 Å². The van der Waals surface area contributed by atoms with Crippen molar-refractivity contribution in [3.63, 3.8) is 0 Å². The fourth-order valence-electron chi connectivity index (χ4n) is 4.35. The fourth-order valence-corrected chi connectivity index (χ4v) is 4.35. The van der Waals surface area contributed by atoms with Gasteiger partial charge < -0.3 is 52.9 Å². The zero-order valence-corrected chi connectivity index (χ0v) is 26.5. The topological polar surface area (TPSA) is 378 Å². The second-order valence-electron chi connectivity index (χ2n) is 10.7. The number of aromatic nitrogens is 4. The molecule has 0 radical (unpaired) electrons. The number of nitrogens with one attached hydrogen (secondary N) is 5. The number of anilines is 2. The molecule has 22 heteroatoms. The number of benzene rings is 1. The molecular formula is C29H35N9O13. The van der Waals surface area contributed by atoms with E-state index in [4.69, 9.17) is 15.9 Å². The molecule has 0 unspecified atom stereocenters. The van der Waals surface area contributed by atoms with E-state index in [1.807, 2.05) is 0 Å². The van der Waals surface area contributed by atoms with Crippen molar-refractivity contribution in [3.8, 4) is 0 Å². The molecule has 22 nitrogen and oxygen atoms in total. The molecule has 0 aliphatic carbocycles. The Hall–Kier alpha value is -6.71. The van der Waals surface area contributed by atoms with Gasteiger partial charge in [-0.25, -0.2) is 24.4 Å². The molecule has 274 valence electrons. The summed E-state index contributed by atoms with van der Waals surface area (Å²) in [5, 5.41) is 46.5. The smallest absolute Gasteiger partial charge is 0.326 e. The number of carbonyl (C=O) groups excluding carboxylic acids is 3. The summed E-state index contributed by atoms with van der Waals surface area (Å²) in [7, 11) is 0. The van der Waals surface area contributed by atoms with Crippen LogP contribution >= 0.6 is 0 Å². The molecule has 0 saturated heterocycles. The minimum absolute atomic E-state index is 0. The van der Waals surface area contributed by atoms with Gasteiger partial charge in [-0.3, -0.25) is 29.0 Å². The molecule has 3 atom stereocenters. The normalized spacial score (nSPS) is 12.3. The number of nitrogens with zero attached hydrogens (tertiary/aromatic N) is 3. The zero-order valence-electron chi connectivity index (χ0n) is 26.5. The maximum Gasteiger partial charge on any atom is 0.326 e. The van der Waals surface area contributed by atoms with Gasteiger partial charge in [0.25, 0.3) is 11.5 Å². The number of carboxylic acids is 4. The molecule has 2 aromatic heterocycles. The van der Waals surface area contributed by atoms with Crippen LogP contribution in [0.2, 0.25) is 0 Å². The molecule has 51 heavy (non-hydrogen) atoms. The highest BCUT2D eigenvalue weighted by atomic mass is 16.4. The van der Waals surface area contributed by atoms with Crippen LogP contribution in [0, 0.1) is 0 Å². The number of rotatable bonds is 19. The van der Waals surface area contributed by atoms with Crippen LogP contribution in [0.4, 0.5) is 11.6 Å². The Morgan fingerprint density at radius 1 is 0.745 bits per heavy atom. The Morgan fingerprint density at radius 2 is 1.25 bits per heavy atom. The second kappa shape index (κ2) is 18.7. The highest BCUT2D eigenvalue weighted by Gasteiger charge is 2.26. The van der Waals surface area contributed by atoms with Crippen molar-refractivity contribution in [2.24, 2.45) is 0 Å². The monoisotopic (exact) mass is 717 g/mol. The molecule has 3 amide bonds. The van der Waals surface area contributed by atoms with Crippen LogP contribution in [0.1, 0.15) is 54.6 Å². The van der Waals surface area contributed by atoms with Gasteiger partial charge in [0.2, 0.25) is 17.8 Å². The van der Waals surface area contributed by atoms with Crippen LogP contribution in [-0.4, -0.2) is 106 Å². The molecule has 0 aliphatic heterocycles. The van der Waals surface area contributed by atoms with Crippen molar-refractivity contribution < 1.29 is 59.5 Å². The first-order valence-electron chi connectivity index (χ1n) is 14.8. The second-order valence-corrected chi connectivity index (χ2v) is 10.7. The molecule has 0 spiro atoms. The number of carbonyl (C=O) groups is 7. The maximum atomic E-state index is 12.7. The Balaban J connectivity index is 0.00000901. The fraction of sp³-hybridized carbons (Fsp3) is 0.345. The van der Waals surface area contributed by atoms with Crippen LogP contribution in [0.15, 0.2) is 35.3 Å². The third kappa shape index (κ3) is 12.7. The molecule has 0 fully saturated rings. The molecule has 13 N–H and O–H groups in total. The summed E-state index contributed by atoms with van der Waals surface area (Å²) < 4.78 is 0. The van der Waals surface area contributed by atoms with Crippen molar-refractivity contribution in [1.82, 2.24) is 35.9 Å². The number of fused-ring (bicyclic) bond motifs is 1. The lowest BCUT2D eigenvalue weighted by Crippen LogP contribution is -2.45. The number of nitrogens with two attached hydrogens (primary N) is 1. The summed E-state index contributed by atoms with van der Waals surface area (Å²) in [5.74, 6) is -8.37. The number of hydrogen-bond donors (Lipinski definition) is 10. The average Bonchev–Trinajstić information content (AvgIpc) is 3.05. The summed E-state index contributed by atoms with van der Waals surface area (Å²) in [5.41, 5.74) is 6.07. The van der Waals surface area contributed by atoms with Crippen molar-refractivity contribution in [2.45, 2.75) is 63.2 Å². The van der Waals surface area contributed by atoms with E-state index in [9.17, 15) is 48.6 Å². The highest BCUT2D eigenvalue weighted by molar-refractivity contribution is 5.97. The number of nitrogen functional groups attached to an aromatic ring is 1. The molecule has 3 aromatic rings. The predicted molar refractivity (Wildman–Crippen MR) is 173 cm³/mol. The first-order valence-corrected chi connectivity index (χ1v) is 14.8. The third-order valence-corrected chi connectivity index (χ3v) is 6.94. The first-order chi connectivity index (χ1) is 23.6. The van der Waals surface area contributed by atoms with E-state index in [1.54, 1.807) is 0 Å². The summed E-state index contributed by atoms with van der Waals surface area (Å²) in [6, 6.07) is 1.25. The number of H-pyrrole nitrogens is 1. The first kappa shape index (κ1) is 40.5. The molecule has 2 heterocycles. The third-order valence-electron chi connectivity index (χ3n) is 6.94. The summed E-state index contributed by atoms with van der Waals surface area (Å²) in [4.78, 5) is 109. The largest absolute Gasteiger partial charge is 0.481 e. The Kier molecular flexibility index (Phi) is 14.9. The number of amides is 3. The van der Waals surface area contributed by atoms with E-state index in [0.717, 1.165) is 0 Å². The van der Waals surface area contributed by atoms with Crippen molar-refractivity contribution in [2.75, 3.05) is 11.1 Å². The molecular weight excluding hydrogens is 682 g/mol. The maximum absolute atomic E-state index is 12.7. The zero-order chi connectivity index (χ0) is 37.0. The predicted octanol–water partition coefficient (Wildman–Crippen LogP) is -2.17. The Bertz CT molecular complexity index is 1830. The number of carboxylic acid groups (broad SMARTS) is 4. The van der Waals surface area contributed by atoms with Gasteiger partial charge in [-0.05, 0) is 43.5 Å². The van der Waals surface area contributed by atoms with E-state index < -0.39 is 104 Å².